The Hall–Kier alpha value is -4.48. The van der Waals surface area contributed by atoms with E-state index in [1.54, 1.807) is 32.3 Å². The number of likely N-dealkylation sites (N-methyl/N-ethyl adjacent to an activating group) is 1. The van der Waals surface area contributed by atoms with Crippen LogP contribution in [0.15, 0.2) is 59.1 Å². The van der Waals surface area contributed by atoms with Crippen molar-refractivity contribution in [2.75, 3.05) is 14.1 Å². The molecule has 7 N–H and O–H groups in total. The number of Topliss-reactive ketones (excluding diaryl/α,β-unsaturated/α-hetero) is 2. The number of aromatic carboxylic acids is 1. The number of primary amides is 1. The Labute approximate surface area is 222 Å². The van der Waals surface area contributed by atoms with E-state index in [-0.39, 0.29) is 29.5 Å². The zero-order valence-corrected chi connectivity index (χ0v) is 21.0. The molecular formula is C28H26N2O9. The molecule has 4 atom stereocenters. The van der Waals surface area contributed by atoms with Crippen molar-refractivity contribution in [2.24, 2.45) is 17.6 Å². The summed E-state index contributed by atoms with van der Waals surface area (Å²) in [7, 11) is 3.11. The molecule has 1 amide bonds. The van der Waals surface area contributed by atoms with E-state index in [9.17, 15) is 44.7 Å². The topological polar surface area (TPSA) is 199 Å². The maximum Gasteiger partial charge on any atom is 0.335 e. The quantitative estimate of drug-likeness (QED) is 0.312. The first-order valence-electron chi connectivity index (χ1n) is 12.1. The third-order valence-corrected chi connectivity index (χ3v) is 8.03. The molecule has 0 fully saturated rings. The maximum atomic E-state index is 13.8. The summed E-state index contributed by atoms with van der Waals surface area (Å²) in [6, 6.07) is 7.84. The average molecular weight is 535 g/mol. The Morgan fingerprint density at radius 3 is 2.38 bits per heavy atom. The van der Waals surface area contributed by atoms with Gasteiger partial charge in [0.2, 0.25) is 5.78 Å². The number of carbonyl (C=O) groups is 4. The highest BCUT2D eigenvalue weighted by Crippen LogP contribution is 2.53. The molecule has 11 heteroatoms. The van der Waals surface area contributed by atoms with Crippen LogP contribution in [0.5, 0.6) is 5.75 Å². The number of amides is 1. The number of hydrogen-bond acceptors (Lipinski definition) is 9. The molecule has 0 spiro atoms. The fraction of sp³-hybridized carbons (Fsp3) is 0.286. The molecule has 202 valence electrons. The van der Waals surface area contributed by atoms with E-state index < -0.39 is 69.8 Å². The summed E-state index contributed by atoms with van der Waals surface area (Å²) in [5.41, 5.74) is 2.78. The third-order valence-electron chi connectivity index (χ3n) is 8.03. The fourth-order valence-corrected chi connectivity index (χ4v) is 6.34. The molecule has 11 nitrogen and oxygen atoms in total. The number of nitrogens with zero attached hydrogens (tertiary/aromatic N) is 1. The molecule has 4 unspecified atom stereocenters. The summed E-state index contributed by atoms with van der Waals surface area (Å²) in [4.78, 5) is 52.2. The highest BCUT2D eigenvalue weighted by molar-refractivity contribution is 6.25. The summed E-state index contributed by atoms with van der Waals surface area (Å²) in [6.07, 6.45) is 0.0472. The first-order valence-corrected chi connectivity index (χ1v) is 12.1. The number of allylic oxidation sites excluding steroid dienone is 1. The maximum absolute atomic E-state index is 13.8. The normalized spacial score (nSPS) is 26.3. The van der Waals surface area contributed by atoms with Gasteiger partial charge in [0.25, 0.3) is 5.91 Å². The number of phenolic OH excluding ortho intramolecular Hbond substituents is 1. The molecule has 0 bridgehead atoms. The van der Waals surface area contributed by atoms with Crippen molar-refractivity contribution in [1.29, 1.82) is 0 Å². The molecule has 0 aromatic heterocycles. The Morgan fingerprint density at radius 2 is 1.77 bits per heavy atom. The van der Waals surface area contributed by atoms with Crippen molar-refractivity contribution in [1.82, 2.24) is 4.90 Å². The van der Waals surface area contributed by atoms with E-state index in [0.717, 1.165) is 0 Å². The summed E-state index contributed by atoms with van der Waals surface area (Å²) >= 11 is 0. The minimum atomic E-state index is -2.71. The van der Waals surface area contributed by atoms with E-state index in [1.165, 1.54) is 23.1 Å². The Balaban J connectivity index is 1.72. The van der Waals surface area contributed by atoms with Gasteiger partial charge in [-0.1, -0.05) is 18.2 Å². The van der Waals surface area contributed by atoms with E-state index in [0.29, 0.717) is 16.7 Å². The molecule has 39 heavy (non-hydrogen) atoms. The molecule has 3 aliphatic rings. The molecule has 0 aliphatic heterocycles. The van der Waals surface area contributed by atoms with E-state index >= 15 is 0 Å². The van der Waals surface area contributed by atoms with E-state index in [1.807, 2.05) is 0 Å². The standard InChI is InChI=1S/C28H26N2O9/c1-30(2)21-16-10-13-9-15-14(11-4-3-5-12(8-11)27(37)38)6-7-17(31)19(15)22(32)18(13)24(34)28(16,39)25(35)20(23(21)33)26(29)36/h3-8,13,16,21,31,33-34,39H,9-10H2,1-2H3,(H2,29,36)(H,37,38). The van der Waals surface area contributed by atoms with Gasteiger partial charge in [0, 0.05) is 11.5 Å². The SMILES string of the molecule is CN(C)C1C(O)=C(C(N)=O)C(=O)C2(O)C(O)=C3C(=O)c4c(O)ccc(-c5cccc(C(=O)O)c5)c4CC3CC12. The van der Waals surface area contributed by atoms with Crippen LogP contribution in [0.25, 0.3) is 11.1 Å². The van der Waals surface area contributed by atoms with Crippen LogP contribution in [0.1, 0.15) is 32.7 Å². The van der Waals surface area contributed by atoms with Gasteiger partial charge in [0.05, 0.1) is 17.2 Å². The molecule has 5 rings (SSSR count). The van der Waals surface area contributed by atoms with Crippen LogP contribution < -0.4 is 5.73 Å². The lowest BCUT2D eigenvalue weighted by Crippen LogP contribution is -2.63. The molecule has 3 aliphatic carbocycles. The number of aromatic hydroxyl groups is 1. The van der Waals surface area contributed by atoms with Crippen LogP contribution in [0, 0.1) is 11.8 Å². The molecule has 0 radical (unpaired) electrons. The van der Waals surface area contributed by atoms with Gasteiger partial charge in [-0.15, -0.1) is 0 Å². The summed E-state index contributed by atoms with van der Waals surface area (Å²) in [6.45, 7) is 0. The molecule has 2 aromatic rings. The second-order valence-corrected chi connectivity index (χ2v) is 10.3. The van der Waals surface area contributed by atoms with Crippen LogP contribution in [-0.4, -0.2) is 79.6 Å². The lowest BCUT2D eigenvalue weighted by Gasteiger charge is -2.50. The number of carboxylic acid groups (broad SMARTS) is 1. The first-order chi connectivity index (χ1) is 18.3. The summed E-state index contributed by atoms with van der Waals surface area (Å²) in [5, 5.41) is 54.0. The van der Waals surface area contributed by atoms with Gasteiger partial charge in [0.1, 0.15) is 22.8 Å². The van der Waals surface area contributed by atoms with Crippen molar-refractivity contribution in [2.45, 2.75) is 24.5 Å². The fourth-order valence-electron chi connectivity index (χ4n) is 6.34. The number of hydrogen-bond donors (Lipinski definition) is 6. The van der Waals surface area contributed by atoms with Gasteiger partial charge < -0.3 is 31.3 Å². The van der Waals surface area contributed by atoms with Gasteiger partial charge in [-0.05, 0) is 67.7 Å². The predicted octanol–water partition coefficient (Wildman–Crippen LogP) is 1.49. The third kappa shape index (κ3) is 3.57. The lowest BCUT2D eigenvalue weighted by atomic mass is 9.58. The zero-order valence-electron chi connectivity index (χ0n) is 21.0. The van der Waals surface area contributed by atoms with Gasteiger partial charge in [-0.2, -0.15) is 0 Å². The number of nitrogens with two attached hydrogens (primary N) is 1. The summed E-state index contributed by atoms with van der Waals surface area (Å²) < 4.78 is 0. The number of phenols is 1. The molecule has 2 aromatic carbocycles. The average Bonchev–Trinajstić information content (AvgIpc) is 2.86. The predicted molar refractivity (Wildman–Crippen MR) is 136 cm³/mol. The van der Waals surface area contributed by atoms with E-state index in [4.69, 9.17) is 5.73 Å². The van der Waals surface area contributed by atoms with Crippen molar-refractivity contribution < 1.29 is 44.7 Å². The minimum Gasteiger partial charge on any atom is -0.510 e. The minimum absolute atomic E-state index is 0.0273. The monoisotopic (exact) mass is 534 g/mol. The van der Waals surface area contributed by atoms with Crippen LogP contribution in [-0.2, 0) is 16.0 Å². The van der Waals surface area contributed by atoms with Crippen molar-refractivity contribution >= 4 is 23.4 Å². The van der Waals surface area contributed by atoms with Crippen LogP contribution in [0.2, 0.25) is 0 Å². The Bertz CT molecular complexity index is 1550. The smallest absolute Gasteiger partial charge is 0.335 e. The van der Waals surface area contributed by atoms with Gasteiger partial charge in [-0.25, -0.2) is 4.79 Å². The van der Waals surface area contributed by atoms with Crippen LogP contribution >= 0.6 is 0 Å². The van der Waals surface area contributed by atoms with Gasteiger partial charge in [0.15, 0.2) is 11.4 Å². The Kier molecular flexibility index (Phi) is 5.89. The summed E-state index contributed by atoms with van der Waals surface area (Å²) in [5.74, 6) is -8.40. The number of carbonyl (C=O) groups excluding carboxylic acids is 3. The number of ketones is 2. The number of rotatable bonds is 4. The highest BCUT2D eigenvalue weighted by atomic mass is 16.4. The van der Waals surface area contributed by atoms with Crippen LogP contribution in [0.3, 0.4) is 0 Å². The van der Waals surface area contributed by atoms with Crippen LogP contribution in [0.4, 0.5) is 0 Å². The lowest BCUT2D eigenvalue weighted by molar-refractivity contribution is -0.148. The highest BCUT2D eigenvalue weighted by Gasteiger charge is 2.63. The van der Waals surface area contributed by atoms with Gasteiger partial charge >= 0.3 is 5.97 Å². The first kappa shape index (κ1) is 26.1. The number of benzene rings is 2. The Morgan fingerprint density at radius 1 is 1.08 bits per heavy atom. The van der Waals surface area contributed by atoms with Crippen molar-refractivity contribution in [3.05, 3.63) is 75.8 Å². The van der Waals surface area contributed by atoms with Crippen molar-refractivity contribution in [3.8, 4) is 16.9 Å². The molecule has 0 saturated carbocycles. The molecule has 0 saturated heterocycles. The zero-order chi connectivity index (χ0) is 28.5. The number of fused-ring (bicyclic) bond motifs is 3. The second kappa shape index (κ2) is 8.79. The second-order valence-electron chi connectivity index (χ2n) is 10.3. The number of carboxylic acids is 1. The van der Waals surface area contributed by atoms with E-state index in [2.05, 4.69) is 0 Å². The number of aliphatic hydroxyl groups excluding tert-OH is 2. The van der Waals surface area contributed by atoms with Gasteiger partial charge in [-0.3, -0.25) is 19.3 Å². The number of aliphatic hydroxyl groups is 3. The molecule has 0 heterocycles. The largest absolute Gasteiger partial charge is 0.510 e. The van der Waals surface area contributed by atoms with Crippen molar-refractivity contribution in [3.63, 3.8) is 0 Å². The molecular weight excluding hydrogens is 508 g/mol.